The molecule has 1 saturated heterocycles. The molecule has 1 amide bonds. The van der Waals surface area contributed by atoms with Crippen LogP contribution in [0.1, 0.15) is 45.4 Å². The Morgan fingerprint density at radius 2 is 1.95 bits per heavy atom. The number of amides is 1. The van der Waals surface area contributed by atoms with Gasteiger partial charge in [-0.05, 0) is 32.1 Å². The van der Waals surface area contributed by atoms with Crippen LogP contribution in [-0.2, 0) is 9.59 Å². The third-order valence-corrected chi connectivity index (χ3v) is 5.42. The Labute approximate surface area is 113 Å². The first-order valence-corrected chi connectivity index (χ1v) is 7.19. The van der Waals surface area contributed by atoms with Gasteiger partial charge in [-0.1, -0.05) is 25.5 Å². The molecule has 1 N–H and O–H groups in total. The molecule has 2 atom stereocenters. The lowest BCUT2D eigenvalue weighted by molar-refractivity contribution is -0.151. The van der Waals surface area contributed by atoms with Gasteiger partial charge in [0.1, 0.15) is 0 Å². The van der Waals surface area contributed by atoms with Gasteiger partial charge in [-0.25, -0.2) is 0 Å². The minimum absolute atomic E-state index is 0.0741. The fourth-order valence-corrected chi connectivity index (χ4v) is 4.17. The Morgan fingerprint density at radius 1 is 1.26 bits per heavy atom. The van der Waals surface area contributed by atoms with Gasteiger partial charge in [0.15, 0.2) is 0 Å². The summed E-state index contributed by atoms with van der Waals surface area (Å²) in [7, 11) is 0. The van der Waals surface area contributed by atoms with Gasteiger partial charge in [-0.15, -0.1) is 0 Å². The summed E-state index contributed by atoms with van der Waals surface area (Å²) in [5.41, 5.74) is -0.991. The van der Waals surface area contributed by atoms with Crippen molar-refractivity contribution in [1.82, 2.24) is 4.90 Å². The van der Waals surface area contributed by atoms with Crippen molar-refractivity contribution in [3.8, 4) is 0 Å². The molecule has 3 rings (SSSR count). The molecule has 3 aliphatic rings. The maximum absolute atomic E-state index is 12.8. The number of carboxylic acids is 1. The van der Waals surface area contributed by atoms with Crippen LogP contribution >= 0.6 is 0 Å². The van der Waals surface area contributed by atoms with E-state index in [1.54, 1.807) is 0 Å². The van der Waals surface area contributed by atoms with Crippen molar-refractivity contribution >= 4 is 11.9 Å². The molecule has 0 spiro atoms. The Hall–Kier alpha value is -1.32. The Morgan fingerprint density at radius 3 is 2.58 bits per heavy atom. The van der Waals surface area contributed by atoms with E-state index in [0.29, 0.717) is 13.0 Å². The highest BCUT2D eigenvalue weighted by Gasteiger charge is 2.58. The Kier molecular flexibility index (Phi) is 2.73. The van der Waals surface area contributed by atoms with Gasteiger partial charge < -0.3 is 10.0 Å². The first-order valence-electron chi connectivity index (χ1n) is 7.19. The second-order valence-corrected chi connectivity index (χ2v) is 6.56. The molecule has 0 aromatic heterocycles. The molecule has 0 bridgehead atoms. The smallest absolute Gasteiger partial charge is 0.311 e. The molecule has 4 nitrogen and oxygen atoms in total. The van der Waals surface area contributed by atoms with E-state index < -0.39 is 11.4 Å². The SMILES string of the molecule is CC1(C(=O)N2CC[C@]3(C(=O)O)CCC[C@H]23)CC=CC1. The van der Waals surface area contributed by atoms with Crippen LogP contribution in [0.3, 0.4) is 0 Å². The first-order chi connectivity index (χ1) is 9.00. The number of carboxylic acid groups (broad SMARTS) is 1. The van der Waals surface area contributed by atoms with Crippen LogP contribution in [0.15, 0.2) is 12.2 Å². The number of nitrogens with zero attached hydrogens (tertiary/aromatic N) is 1. The number of carbonyl (C=O) groups excluding carboxylic acids is 1. The standard InChI is InChI=1S/C15H21NO3/c1-14(6-2-3-7-14)12(17)16-10-9-15(13(18)19)8-4-5-11(15)16/h2-3,11H,4-10H2,1H3,(H,18,19)/t11-,15+/m0/s1. The third kappa shape index (κ3) is 1.65. The summed E-state index contributed by atoms with van der Waals surface area (Å²) in [4.78, 5) is 26.3. The Balaban J connectivity index is 1.84. The van der Waals surface area contributed by atoms with Crippen LogP contribution in [0.4, 0.5) is 0 Å². The lowest BCUT2D eigenvalue weighted by atomic mass is 9.81. The van der Waals surface area contributed by atoms with Gasteiger partial charge in [0.05, 0.1) is 10.8 Å². The second-order valence-electron chi connectivity index (χ2n) is 6.56. The van der Waals surface area contributed by atoms with E-state index in [1.165, 1.54) is 0 Å². The molecule has 0 aromatic rings. The molecule has 0 aromatic carbocycles. The average molecular weight is 263 g/mol. The number of carbonyl (C=O) groups is 2. The fraction of sp³-hybridized carbons (Fsp3) is 0.733. The van der Waals surface area contributed by atoms with Gasteiger partial charge in [0.25, 0.3) is 0 Å². The summed E-state index contributed by atoms with van der Waals surface area (Å²) >= 11 is 0. The minimum atomic E-state index is -0.708. The number of likely N-dealkylation sites (tertiary alicyclic amines) is 1. The van der Waals surface area contributed by atoms with E-state index >= 15 is 0 Å². The van der Waals surface area contributed by atoms with Crippen molar-refractivity contribution in [1.29, 1.82) is 0 Å². The van der Waals surface area contributed by atoms with Gasteiger partial charge >= 0.3 is 5.97 Å². The average Bonchev–Trinajstić information content (AvgIpc) is 3.02. The Bertz CT molecular complexity index is 448. The molecule has 2 aliphatic carbocycles. The monoisotopic (exact) mass is 263 g/mol. The fourth-order valence-electron chi connectivity index (χ4n) is 4.17. The number of allylic oxidation sites excluding steroid dienone is 2. The number of fused-ring (bicyclic) bond motifs is 1. The van der Waals surface area contributed by atoms with Crippen molar-refractivity contribution in [3.63, 3.8) is 0 Å². The molecule has 2 fully saturated rings. The van der Waals surface area contributed by atoms with Crippen molar-refractivity contribution in [2.75, 3.05) is 6.54 Å². The summed E-state index contributed by atoms with van der Waals surface area (Å²) in [6.07, 6.45) is 8.83. The van der Waals surface area contributed by atoms with Crippen LogP contribution in [0, 0.1) is 10.8 Å². The summed E-state index contributed by atoms with van der Waals surface area (Å²) in [6, 6.07) is -0.0741. The van der Waals surface area contributed by atoms with E-state index in [0.717, 1.165) is 32.1 Å². The zero-order chi connectivity index (χ0) is 13.7. The van der Waals surface area contributed by atoms with Crippen LogP contribution in [0.5, 0.6) is 0 Å². The number of rotatable bonds is 2. The number of aliphatic carboxylic acids is 1. The first kappa shape index (κ1) is 12.7. The normalized spacial score (nSPS) is 35.6. The summed E-state index contributed by atoms with van der Waals surface area (Å²) in [5, 5.41) is 9.55. The highest BCUT2D eigenvalue weighted by molar-refractivity contribution is 5.86. The van der Waals surface area contributed by atoms with Crippen molar-refractivity contribution < 1.29 is 14.7 Å². The van der Waals surface area contributed by atoms with Gasteiger partial charge in [-0.3, -0.25) is 9.59 Å². The van der Waals surface area contributed by atoms with Gasteiger partial charge in [-0.2, -0.15) is 0 Å². The molecule has 0 radical (unpaired) electrons. The molecule has 1 saturated carbocycles. The minimum Gasteiger partial charge on any atom is -0.481 e. The van der Waals surface area contributed by atoms with E-state index in [4.69, 9.17) is 0 Å². The molecular weight excluding hydrogens is 242 g/mol. The van der Waals surface area contributed by atoms with E-state index in [9.17, 15) is 14.7 Å². The van der Waals surface area contributed by atoms with Gasteiger partial charge in [0.2, 0.25) is 5.91 Å². The zero-order valence-electron chi connectivity index (χ0n) is 11.4. The number of hydrogen-bond donors (Lipinski definition) is 1. The molecular formula is C15H21NO3. The van der Waals surface area contributed by atoms with Crippen molar-refractivity contribution in [2.45, 2.75) is 51.5 Å². The molecule has 104 valence electrons. The summed E-state index contributed by atoms with van der Waals surface area (Å²) in [5.74, 6) is -0.549. The van der Waals surface area contributed by atoms with E-state index in [1.807, 2.05) is 11.8 Å². The van der Waals surface area contributed by atoms with E-state index in [-0.39, 0.29) is 17.4 Å². The van der Waals surface area contributed by atoms with Crippen LogP contribution in [0.2, 0.25) is 0 Å². The summed E-state index contributed by atoms with van der Waals surface area (Å²) in [6.45, 7) is 2.62. The van der Waals surface area contributed by atoms with Crippen LogP contribution in [0.25, 0.3) is 0 Å². The highest BCUT2D eigenvalue weighted by Crippen LogP contribution is 2.50. The largest absolute Gasteiger partial charge is 0.481 e. The third-order valence-electron chi connectivity index (χ3n) is 5.42. The lowest BCUT2D eigenvalue weighted by Gasteiger charge is -2.34. The quantitative estimate of drug-likeness (QED) is 0.777. The highest BCUT2D eigenvalue weighted by atomic mass is 16.4. The second kappa shape index (κ2) is 4.09. The topological polar surface area (TPSA) is 57.6 Å². The lowest BCUT2D eigenvalue weighted by Crippen LogP contribution is -2.47. The van der Waals surface area contributed by atoms with Gasteiger partial charge in [0, 0.05) is 12.6 Å². The maximum Gasteiger partial charge on any atom is 0.311 e. The zero-order valence-corrected chi connectivity index (χ0v) is 11.4. The molecule has 0 unspecified atom stereocenters. The summed E-state index contributed by atoms with van der Waals surface area (Å²) < 4.78 is 0. The number of hydrogen-bond acceptors (Lipinski definition) is 2. The van der Waals surface area contributed by atoms with Crippen LogP contribution < -0.4 is 0 Å². The van der Waals surface area contributed by atoms with E-state index in [2.05, 4.69) is 12.2 Å². The molecule has 1 aliphatic heterocycles. The molecule has 4 heteroatoms. The molecule has 19 heavy (non-hydrogen) atoms. The van der Waals surface area contributed by atoms with Crippen molar-refractivity contribution in [3.05, 3.63) is 12.2 Å². The predicted molar refractivity (Wildman–Crippen MR) is 70.5 cm³/mol. The van der Waals surface area contributed by atoms with Crippen LogP contribution in [-0.4, -0.2) is 34.5 Å². The maximum atomic E-state index is 12.8. The van der Waals surface area contributed by atoms with Crippen molar-refractivity contribution in [2.24, 2.45) is 10.8 Å². The predicted octanol–water partition coefficient (Wildman–Crippen LogP) is 2.20. The molecule has 1 heterocycles.